The Morgan fingerprint density at radius 3 is 1.42 bits per heavy atom. The van der Waals surface area contributed by atoms with Gasteiger partial charge in [-0.25, -0.2) is 0 Å². The maximum absolute atomic E-state index is 12.7. The van der Waals surface area contributed by atoms with Gasteiger partial charge in [0.1, 0.15) is 110 Å². The summed E-state index contributed by atoms with van der Waals surface area (Å²) in [6.45, 7) is 0.931. The van der Waals surface area contributed by atoms with Crippen LogP contribution in [0.2, 0.25) is 0 Å². The number of hydrogen-bond donors (Lipinski definition) is 15. The van der Waals surface area contributed by atoms with Gasteiger partial charge in [-0.15, -0.1) is 0 Å². The van der Waals surface area contributed by atoms with Gasteiger partial charge in [0, 0.05) is 6.92 Å². The summed E-state index contributed by atoms with van der Waals surface area (Å²) in [4.78, 5) is 12.7. The molecule has 5 aliphatic rings. The second-order valence-corrected chi connectivity index (χ2v) is 14.7. The highest BCUT2D eigenvalue weighted by Crippen LogP contribution is 2.37. The summed E-state index contributed by atoms with van der Waals surface area (Å²) in [6, 6.07) is -1.70. The summed E-state index contributed by atoms with van der Waals surface area (Å²) >= 11 is 0. The van der Waals surface area contributed by atoms with Crippen LogP contribution in [0.4, 0.5) is 0 Å². The first kappa shape index (κ1) is 46.6. The Morgan fingerprint density at radius 2 is 0.912 bits per heavy atom. The SMILES string of the molecule is CC(=O)N[C@H]1[C@H](O[C@H]2[C@@H](O)[C@@H](CO)OC(O)[C@@H]2O)O[C@H](CO)[C@@H](O[C@@H]2O[C@H](CO)[C@H](O)[C@H](O)[C@H]2O[C@@H]2O[C@@H](C)[C@@H](O)[C@@H](O)[C@@H]2O)[C@@H]1O[C@@H]1O[C@@H](C)[C@@H](O)[C@@H](O)[C@@H]1O. The lowest BCUT2D eigenvalue weighted by molar-refractivity contribution is -0.398. The van der Waals surface area contributed by atoms with E-state index in [9.17, 15) is 76.3 Å². The first-order valence-electron chi connectivity index (χ1n) is 18.3. The Balaban J connectivity index is 1.54. The third-order valence-electron chi connectivity index (χ3n) is 10.6. The summed E-state index contributed by atoms with van der Waals surface area (Å²) in [6.07, 6.45) is -42.5. The molecular weight excluding hydrogens is 782 g/mol. The summed E-state index contributed by atoms with van der Waals surface area (Å²) < 4.78 is 51.9. The molecule has 0 spiro atoms. The first-order valence-corrected chi connectivity index (χ1v) is 18.3. The van der Waals surface area contributed by atoms with E-state index in [0.717, 1.165) is 6.92 Å². The number of rotatable bonds is 12. The minimum absolute atomic E-state index is 0.811. The van der Waals surface area contributed by atoms with Crippen molar-refractivity contribution in [3.63, 3.8) is 0 Å². The van der Waals surface area contributed by atoms with Crippen molar-refractivity contribution in [2.75, 3.05) is 19.8 Å². The van der Waals surface area contributed by atoms with Gasteiger partial charge in [-0.3, -0.25) is 4.79 Å². The summed E-state index contributed by atoms with van der Waals surface area (Å²) in [5.41, 5.74) is 0. The highest BCUT2D eigenvalue weighted by Gasteiger charge is 2.57. The van der Waals surface area contributed by atoms with Crippen molar-refractivity contribution >= 4 is 5.91 Å². The molecule has 25 heteroatoms. The summed E-state index contributed by atoms with van der Waals surface area (Å²) in [5.74, 6) is -0.811. The molecule has 0 saturated carbocycles. The van der Waals surface area contributed by atoms with E-state index in [1.807, 2.05) is 0 Å². The number of amides is 1. The van der Waals surface area contributed by atoms with E-state index in [0.29, 0.717) is 0 Å². The van der Waals surface area contributed by atoms with Gasteiger partial charge in [0.25, 0.3) is 0 Å². The van der Waals surface area contributed by atoms with Crippen LogP contribution in [-0.2, 0) is 47.4 Å². The molecule has 25 atom stereocenters. The Morgan fingerprint density at radius 1 is 0.456 bits per heavy atom. The zero-order valence-electron chi connectivity index (χ0n) is 30.9. The number of aliphatic hydroxyl groups is 14. The molecule has 25 nitrogen and oxygen atoms in total. The molecule has 5 rings (SSSR count). The molecule has 332 valence electrons. The van der Waals surface area contributed by atoms with Crippen molar-refractivity contribution in [3.05, 3.63) is 0 Å². The normalized spacial score (nSPS) is 52.3. The third kappa shape index (κ3) is 9.71. The Labute approximate surface area is 324 Å². The van der Waals surface area contributed by atoms with Gasteiger partial charge >= 0.3 is 0 Å². The van der Waals surface area contributed by atoms with Gasteiger partial charge in [0.05, 0.1) is 32.0 Å². The van der Waals surface area contributed by atoms with Crippen molar-refractivity contribution in [1.29, 1.82) is 0 Å². The molecule has 1 unspecified atom stereocenters. The molecule has 5 aliphatic heterocycles. The second kappa shape index (κ2) is 19.5. The zero-order chi connectivity index (χ0) is 42.2. The van der Waals surface area contributed by atoms with E-state index in [2.05, 4.69) is 5.32 Å². The summed E-state index contributed by atoms with van der Waals surface area (Å²) in [5, 5.41) is 150. The van der Waals surface area contributed by atoms with Gasteiger partial charge in [-0.2, -0.15) is 0 Å². The smallest absolute Gasteiger partial charge is 0.217 e. The van der Waals surface area contributed by atoms with Crippen molar-refractivity contribution in [1.82, 2.24) is 5.32 Å². The van der Waals surface area contributed by atoms with Crippen molar-refractivity contribution in [2.24, 2.45) is 0 Å². The van der Waals surface area contributed by atoms with Crippen LogP contribution < -0.4 is 5.32 Å². The fourth-order valence-electron chi connectivity index (χ4n) is 7.29. The molecule has 0 bridgehead atoms. The maximum atomic E-state index is 12.7. The van der Waals surface area contributed by atoms with Gasteiger partial charge in [0.15, 0.2) is 31.5 Å². The quantitative estimate of drug-likeness (QED) is 0.0867. The lowest BCUT2D eigenvalue weighted by Crippen LogP contribution is -2.71. The van der Waals surface area contributed by atoms with E-state index in [-0.39, 0.29) is 0 Å². The predicted octanol–water partition coefficient (Wildman–Crippen LogP) is -9.73. The lowest BCUT2D eigenvalue weighted by atomic mass is 9.93. The molecule has 5 heterocycles. The van der Waals surface area contributed by atoms with E-state index in [1.54, 1.807) is 0 Å². The highest BCUT2D eigenvalue weighted by molar-refractivity contribution is 5.73. The fourth-order valence-corrected chi connectivity index (χ4v) is 7.29. The van der Waals surface area contributed by atoms with Gasteiger partial charge in [0.2, 0.25) is 5.91 Å². The Bertz CT molecular complexity index is 1290. The van der Waals surface area contributed by atoms with Crippen molar-refractivity contribution < 1.29 is 119 Å². The number of carbonyl (C=O) groups is 1. The molecule has 5 saturated heterocycles. The van der Waals surface area contributed by atoms with Gasteiger partial charge in [-0.05, 0) is 13.8 Å². The molecule has 0 aliphatic carbocycles. The predicted molar refractivity (Wildman–Crippen MR) is 175 cm³/mol. The number of nitrogens with one attached hydrogen (secondary N) is 1. The van der Waals surface area contributed by atoms with Crippen LogP contribution in [0.1, 0.15) is 20.8 Å². The highest BCUT2D eigenvalue weighted by atomic mass is 16.8. The van der Waals surface area contributed by atoms with Crippen LogP contribution in [0.3, 0.4) is 0 Å². The molecule has 1 amide bonds. The van der Waals surface area contributed by atoms with Crippen LogP contribution >= 0.6 is 0 Å². The number of hydrogen-bond acceptors (Lipinski definition) is 24. The van der Waals surface area contributed by atoms with Gasteiger partial charge in [-0.1, -0.05) is 0 Å². The van der Waals surface area contributed by atoms with E-state index in [1.165, 1.54) is 13.8 Å². The third-order valence-corrected chi connectivity index (χ3v) is 10.6. The monoisotopic (exact) mass is 837 g/mol. The largest absolute Gasteiger partial charge is 0.394 e. The average Bonchev–Trinajstić information content (AvgIpc) is 3.18. The molecule has 0 aromatic heterocycles. The molecule has 0 aromatic rings. The van der Waals surface area contributed by atoms with Crippen LogP contribution in [0, 0.1) is 0 Å². The van der Waals surface area contributed by atoms with Crippen LogP contribution in [-0.4, -0.2) is 251 Å². The minimum Gasteiger partial charge on any atom is -0.394 e. The average molecular weight is 838 g/mol. The molecule has 0 radical (unpaired) electrons. The van der Waals surface area contributed by atoms with Crippen molar-refractivity contribution in [3.8, 4) is 0 Å². The zero-order valence-corrected chi connectivity index (χ0v) is 30.9. The maximum Gasteiger partial charge on any atom is 0.217 e. The van der Waals surface area contributed by atoms with E-state index in [4.69, 9.17) is 42.6 Å². The van der Waals surface area contributed by atoms with Crippen LogP contribution in [0.15, 0.2) is 0 Å². The molecule has 0 aromatic carbocycles. The molecular formula is C32H55NO24. The number of ether oxygens (including phenoxy) is 9. The molecule has 57 heavy (non-hydrogen) atoms. The summed E-state index contributed by atoms with van der Waals surface area (Å²) in [7, 11) is 0. The molecule has 5 fully saturated rings. The van der Waals surface area contributed by atoms with Crippen molar-refractivity contribution in [2.45, 2.75) is 174 Å². The number of carbonyl (C=O) groups excluding carboxylic acids is 1. The number of aliphatic hydroxyl groups excluding tert-OH is 14. The standard InChI is InChI=1S/C32H55NO24/c1-7-14(38)18(42)21(45)30(49-7)55-25-13(33-9(3)37)29(56-26-17(41)11(5-35)51-28(48)23(26)47)53-12(6-36)24(25)54-32-27(20(44)16(40)10(4-34)52-32)57-31-22(46)19(43)15(39)8(2)50-31/h7-8,10-32,34-36,38-48H,4-6H2,1-3H3,(H,33,37)/t7-,8-,10+,11+,12+,13+,14+,15+,16-,17-,18+,19+,20-,21-,22-,23+,24+,25+,26-,27+,28?,29-,30-,31-,32-/m0/s1. The molecule has 15 N–H and O–H groups in total. The lowest BCUT2D eigenvalue weighted by Gasteiger charge is -2.52. The Hall–Kier alpha value is -1.45. The topological polar surface area (TPSA) is 395 Å². The van der Waals surface area contributed by atoms with Crippen LogP contribution in [0.5, 0.6) is 0 Å². The second-order valence-electron chi connectivity index (χ2n) is 14.7. The Kier molecular flexibility index (Phi) is 16.0. The fraction of sp³-hybridized carbons (Fsp3) is 0.969. The van der Waals surface area contributed by atoms with E-state index < -0.39 is 179 Å². The van der Waals surface area contributed by atoms with Crippen LogP contribution in [0.25, 0.3) is 0 Å². The first-order chi connectivity index (χ1) is 26.8. The van der Waals surface area contributed by atoms with E-state index >= 15 is 0 Å². The van der Waals surface area contributed by atoms with Gasteiger partial charge < -0.3 is 119 Å². The minimum atomic E-state index is -2.02.